The highest BCUT2D eigenvalue weighted by Gasteiger charge is 2.28. The van der Waals surface area contributed by atoms with Crippen molar-refractivity contribution in [2.75, 3.05) is 13.1 Å². The maximum absolute atomic E-state index is 12.7. The SMILES string of the molecule is O=C1c2ccccc2-c2nnc(-c3ccc(C4CCNCC4)cc3)cc21. The Morgan fingerprint density at radius 1 is 0.846 bits per heavy atom. The number of carbonyl (C=O) groups excluding carboxylic acids is 1. The lowest BCUT2D eigenvalue weighted by molar-refractivity contribution is 0.104. The second-order valence-electron chi connectivity index (χ2n) is 7.01. The van der Waals surface area contributed by atoms with Crippen molar-refractivity contribution in [3.05, 3.63) is 71.3 Å². The summed E-state index contributed by atoms with van der Waals surface area (Å²) in [5.41, 5.74) is 6.08. The highest BCUT2D eigenvalue weighted by molar-refractivity contribution is 6.21. The van der Waals surface area contributed by atoms with Crippen molar-refractivity contribution in [2.45, 2.75) is 18.8 Å². The van der Waals surface area contributed by atoms with Crippen molar-refractivity contribution in [3.8, 4) is 22.5 Å². The second kappa shape index (κ2) is 6.15. The molecule has 1 N–H and O–H groups in total. The Balaban J connectivity index is 1.48. The summed E-state index contributed by atoms with van der Waals surface area (Å²) in [7, 11) is 0. The Kier molecular flexibility index (Phi) is 3.64. The predicted molar refractivity (Wildman–Crippen MR) is 101 cm³/mol. The number of nitrogens with one attached hydrogen (secondary N) is 1. The molecule has 0 radical (unpaired) electrons. The summed E-state index contributed by atoms with van der Waals surface area (Å²) in [5, 5.41) is 12.2. The van der Waals surface area contributed by atoms with Gasteiger partial charge in [0.25, 0.3) is 0 Å². The van der Waals surface area contributed by atoms with Gasteiger partial charge >= 0.3 is 0 Å². The monoisotopic (exact) mass is 341 g/mol. The lowest BCUT2D eigenvalue weighted by Gasteiger charge is -2.23. The number of fused-ring (bicyclic) bond motifs is 3. The van der Waals surface area contributed by atoms with E-state index in [2.05, 4.69) is 39.8 Å². The van der Waals surface area contributed by atoms with Crippen LogP contribution in [0.15, 0.2) is 54.6 Å². The molecule has 2 aliphatic rings. The van der Waals surface area contributed by atoms with Gasteiger partial charge in [-0.15, -0.1) is 10.2 Å². The van der Waals surface area contributed by atoms with Crippen LogP contribution in [0.25, 0.3) is 22.5 Å². The van der Waals surface area contributed by atoms with Gasteiger partial charge in [-0.3, -0.25) is 4.79 Å². The summed E-state index contributed by atoms with van der Waals surface area (Å²) in [6, 6.07) is 18.1. The summed E-state index contributed by atoms with van der Waals surface area (Å²) in [5.74, 6) is 0.672. The number of ketones is 1. The number of rotatable bonds is 2. The average Bonchev–Trinajstić information content (AvgIpc) is 3.01. The molecule has 1 saturated heterocycles. The number of nitrogens with zero attached hydrogens (tertiary/aromatic N) is 2. The maximum atomic E-state index is 12.7. The van der Waals surface area contributed by atoms with Gasteiger partial charge in [-0.1, -0.05) is 48.5 Å². The molecular weight excluding hydrogens is 322 g/mol. The molecule has 1 fully saturated rings. The normalized spacial score (nSPS) is 16.4. The Hall–Kier alpha value is -2.85. The summed E-state index contributed by atoms with van der Waals surface area (Å²) < 4.78 is 0. The van der Waals surface area contributed by atoms with E-state index in [0.717, 1.165) is 35.5 Å². The van der Waals surface area contributed by atoms with Crippen molar-refractivity contribution in [3.63, 3.8) is 0 Å². The zero-order valence-corrected chi connectivity index (χ0v) is 14.4. The quantitative estimate of drug-likeness (QED) is 0.602. The Morgan fingerprint density at radius 2 is 1.58 bits per heavy atom. The molecule has 3 aromatic rings. The highest BCUT2D eigenvalue weighted by Crippen LogP contribution is 2.36. The highest BCUT2D eigenvalue weighted by atomic mass is 16.1. The fourth-order valence-electron chi connectivity index (χ4n) is 4.02. The van der Waals surface area contributed by atoms with Crippen molar-refractivity contribution in [1.82, 2.24) is 15.5 Å². The first-order chi connectivity index (χ1) is 12.8. The number of hydrogen-bond donors (Lipinski definition) is 1. The van der Waals surface area contributed by atoms with Crippen LogP contribution in [0.4, 0.5) is 0 Å². The minimum absolute atomic E-state index is 0.0399. The molecule has 0 bridgehead atoms. The van der Waals surface area contributed by atoms with Crippen LogP contribution >= 0.6 is 0 Å². The lowest BCUT2D eigenvalue weighted by atomic mass is 9.89. The molecule has 1 aromatic heterocycles. The van der Waals surface area contributed by atoms with E-state index in [0.29, 0.717) is 17.2 Å². The van der Waals surface area contributed by atoms with Crippen LogP contribution in [-0.4, -0.2) is 29.1 Å². The molecule has 26 heavy (non-hydrogen) atoms. The van der Waals surface area contributed by atoms with Crippen LogP contribution in [-0.2, 0) is 0 Å². The van der Waals surface area contributed by atoms with E-state index >= 15 is 0 Å². The smallest absolute Gasteiger partial charge is 0.196 e. The minimum Gasteiger partial charge on any atom is -0.317 e. The first-order valence-electron chi connectivity index (χ1n) is 9.14. The van der Waals surface area contributed by atoms with Crippen LogP contribution < -0.4 is 5.32 Å². The third kappa shape index (κ3) is 2.45. The minimum atomic E-state index is 0.0399. The van der Waals surface area contributed by atoms with Gasteiger partial charge < -0.3 is 5.32 Å². The van der Waals surface area contributed by atoms with Crippen molar-refractivity contribution in [1.29, 1.82) is 0 Å². The number of hydrogen-bond acceptors (Lipinski definition) is 4. The summed E-state index contributed by atoms with van der Waals surface area (Å²) in [4.78, 5) is 12.7. The van der Waals surface area contributed by atoms with Gasteiger partial charge in [0, 0.05) is 16.7 Å². The first kappa shape index (κ1) is 15.4. The molecule has 0 unspecified atom stereocenters. The van der Waals surface area contributed by atoms with Crippen LogP contribution in [0.3, 0.4) is 0 Å². The van der Waals surface area contributed by atoms with Crippen LogP contribution in [0.5, 0.6) is 0 Å². The number of carbonyl (C=O) groups is 1. The fraction of sp³-hybridized carbons (Fsp3) is 0.227. The molecule has 128 valence electrons. The van der Waals surface area contributed by atoms with E-state index in [1.54, 1.807) is 0 Å². The zero-order chi connectivity index (χ0) is 17.5. The van der Waals surface area contributed by atoms with Crippen molar-refractivity contribution >= 4 is 5.78 Å². The van der Waals surface area contributed by atoms with Gasteiger partial charge in [0.15, 0.2) is 5.78 Å². The largest absolute Gasteiger partial charge is 0.317 e. The second-order valence-corrected chi connectivity index (χ2v) is 7.01. The average molecular weight is 341 g/mol. The molecule has 5 rings (SSSR count). The van der Waals surface area contributed by atoms with Crippen LogP contribution in [0.1, 0.15) is 40.2 Å². The Labute approximate surface area is 152 Å². The molecule has 0 amide bonds. The molecule has 4 nitrogen and oxygen atoms in total. The molecule has 0 saturated carbocycles. The molecule has 0 spiro atoms. The summed E-state index contributed by atoms with van der Waals surface area (Å²) >= 11 is 0. The van der Waals surface area contributed by atoms with E-state index < -0.39 is 0 Å². The topological polar surface area (TPSA) is 54.9 Å². The Morgan fingerprint density at radius 3 is 2.35 bits per heavy atom. The van der Waals surface area contributed by atoms with E-state index in [4.69, 9.17) is 0 Å². The van der Waals surface area contributed by atoms with Crippen LogP contribution in [0, 0.1) is 0 Å². The molecular formula is C22H19N3O. The van der Waals surface area contributed by atoms with E-state index in [-0.39, 0.29) is 5.78 Å². The predicted octanol–water partition coefficient (Wildman–Crippen LogP) is 3.82. The number of piperidine rings is 1. The van der Waals surface area contributed by atoms with Crippen LogP contribution in [0.2, 0.25) is 0 Å². The summed E-state index contributed by atoms with van der Waals surface area (Å²) in [6.07, 6.45) is 2.37. The Bertz CT molecular complexity index is 989. The van der Waals surface area contributed by atoms with E-state index in [9.17, 15) is 4.79 Å². The van der Waals surface area contributed by atoms with Gasteiger partial charge in [-0.05, 0) is 43.5 Å². The summed E-state index contributed by atoms with van der Waals surface area (Å²) in [6.45, 7) is 2.18. The maximum Gasteiger partial charge on any atom is 0.196 e. The van der Waals surface area contributed by atoms with Gasteiger partial charge in [0.05, 0.1) is 11.3 Å². The van der Waals surface area contributed by atoms with E-state index in [1.165, 1.54) is 18.4 Å². The fourth-order valence-corrected chi connectivity index (χ4v) is 4.02. The van der Waals surface area contributed by atoms with Gasteiger partial charge in [0.1, 0.15) is 5.69 Å². The third-order valence-electron chi connectivity index (χ3n) is 5.48. The van der Waals surface area contributed by atoms with Gasteiger partial charge in [-0.2, -0.15) is 0 Å². The van der Waals surface area contributed by atoms with Crippen molar-refractivity contribution < 1.29 is 4.79 Å². The first-order valence-corrected chi connectivity index (χ1v) is 9.14. The van der Waals surface area contributed by atoms with Gasteiger partial charge in [-0.25, -0.2) is 0 Å². The van der Waals surface area contributed by atoms with Crippen molar-refractivity contribution in [2.24, 2.45) is 0 Å². The molecule has 1 aliphatic carbocycles. The standard InChI is InChI=1S/C22H19N3O/c26-22-18-4-2-1-3-17(18)21-19(22)13-20(24-25-21)16-7-5-14(6-8-16)15-9-11-23-12-10-15/h1-8,13,15,23H,9-12H2. The zero-order valence-electron chi connectivity index (χ0n) is 14.4. The molecule has 4 heteroatoms. The molecule has 2 heterocycles. The third-order valence-corrected chi connectivity index (χ3v) is 5.48. The van der Waals surface area contributed by atoms with Gasteiger partial charge in [0.2, 0.25) is 0 Å². The number of aromatic nitrogens is 2. The molecule has 1 aliphatic heterocycles. The lowest BCUT2D eigenvalue weighted by Crippen LogP contribution is -2.26. The molecule has 2 aromatic carbocycles. The number of benzene rings is 2. The van der Waals surface area contributed by atoms with E-state index in [1.807, 2.05) is 30.3 Å². The molecule has 0 atom stereocenters.